The fourth-order valence-electron chi connectivity index (χ4n) is 2.80. The molecule has 1 heterocycles. The van der Waals surface area contributed by atoms with Crippen LogP contribution >= 0.6 is 11.3 Å². The number of phenols is 1. The molecule has 3 aromatic rings. The lowest BCUT2D eigenvalue weighted by Gasteiger charge is -2.14. The first kappa shape index (κ1) is 14.5. The summed E-state index contributed by atoms with van der Waals surface area (Å²) < 4.78 is 0. The van der Waals surface area contributed by atoms with Crippen LogP contribution in [0.15, 0.2) is 54.6 Å². The third-order valence-corrected chi connectivity index (χ3v) is 5.09. The lowest BCUT2D eigenvalue weighted by molar-refractivity contribution is 0.0980. The smallest absolute Gasteiger partial charge is 0.204 e. The maximum Gasteiger partial charge on any atom is 0.204 e. The Bertz CT molecular complexity index is 1020. The number of thiophene rings is 1. The molecule has 0 radical (unpaired) electrons. The number of phenolic OH excluding ortho intramolecular Hbond substituents is 1. The highest BCUT2D eigenvalue weighted by Crippen LogP contribution is 2.37. The van der Waals surface area contributed by atoms with Gasteiger partial charge in [-0.2, -0.15) is 0 Å². The van der Waals surface area contributed by atoms with E-state index in [1.807, 2.05) is 6.07 Å². The molecule has 0 aliphatic heterocycles. The van der Waals surface area contributed by atoms with E-state index >= 15 is 0 Å². The molecule has 0 atom stereocenters. The normalized spacial score (nSPS) is 12.7. The lowest BCUT2D eigenvalue weighted by Crippen LogP contribution is -2.18. The average Bonchev–Trinajstić information content (AvgIpc) is 3.05. The molecule has 0 amide bonds. The average molecular weight is 334 g/mol. The molecule has 0 saturated heterocycles. The largest absolute Gasteiger partial charge is 0.507 e. The molecule has 1 aliphatic carbocycles. The Morgan fingerprint density at radius 2 is 1.62 bits per heavy atom. The molecular formula is C19H10O4S. The van der Waals surface area contributed by atoms with Gasteiger partial charge < -0.3 is 5.11 Å². The number of carbonyl (C=O) groups is 3. The van der Waals surface area contributed by atoms with Gasteiger partial charge in [-0.1, -0.05) is 36.4 Å². The molecule has 0 unspecified atom stereocenters. The van der Waals surface area contributed by atoms with Gasteiger partial charge in [0.15, 0.2) is 5.78 Å². The molecular weight excluding hydrogens is 324 g/mol. The molecule has 1 aromatic heterocycles. The van der Waals surface area contributed by atoms with Crippen molar-refractivity contribution >= 4 is 28.7 Å². The van der Waals surface area contributed by atoms with Crippen LogP contribution in [0.4, 0.5) is 0 Å². The standard InChI is InChI=1S/C19H10O4S/c20-13-8-4-7-11-15(13)17(22)12-9-14(24-19(12)18(11)23)16(21)10-5-2-1-3-6-10/h1-9,20H. The molecule has 4 rings (SSSR count). The Labute approximate surface area is 141 Å². The van der Waals surface area contributed by atoms with Gasteiger partial charge in [-0.05, 0) is 18.2 Å². The molecule has 0 spiro atoms. The second kappa shape index (κ2) is 5.25. The van der Waals surface area contributed by atoms with Crippen LogP contribution in [0.5, 0.6) is 5.75 Å². The highest BCUT2D eigenvalue weighted by Gasteiger charge is 2.34. The first-order valence-electron chi connectivity index (χ1n) is 7.23. The number of rotatable bonds is 2. The summed E-state index contributed by atoms with van der Waals surface area (Å²) in [6.45, 7) is 0. The van der Waals surface area contributed by atoms with E-state index in [9.17, 15) is 19.5 Å². The molecule has 4 nitrogen and oxygen atoms in total. The van der Waals surface area contributed by atoms with Gasteiger partial charge in [-0.15, -0.1) is 11.3 Å². The van der Waals surface area contributed by atoms with Gasteiger partial charge in [0.25, 0.3) is 0 Å². The van der Waals surface area contributed by atoms with Crippen molar-refractivity contribution in [2.75, 3.05) is 0 Å². The third kappa shape index (κ3) is 2.02. The van der Waals surface area contributed by atoms with E-state index in [-0.39, 0.29) is 38.9 Å². The summed E-state index contributed by atoms with van der Waals surface area (Å²) in [4.78, 5) is 38.4. The van der Waals surface area contributed by atoms with E-state index in [4.69, 9.17) is 0 Å². The number of hydrogen-bond acceptors (Lipinski definition) is 5. The lowest BCUT2D eigenvalue weighted by atomic mass is 9.88. The predicted molar refractivity (Wildman–Crippen MR) is 89.2 cm³/mol. The van der Waals surface area contributed by atoms with Crippen molar-refractivity contribution in [1.29, 1.82) is 0 Å². The van der Waals surface area contributed by atoms with Gasteiger partial charge in [0, 0.05) is 16.7 Å². The van der Waals surface area contributed by atoms with Gasteiger partial charge in [-0.3, -0.25) is 14.4 Å². The van der Waals surface area contributed by atoms with Gasteiger partial charge >= 0.3 is 0 Å². The van der Waals surface area contributed by atoms with Crippen molar-refractivity contribution in [3.8, 4) is 5.75 Å². The van der Waals surface area contributed by atoms with Crippen LogP contribution in [0.3, 0.4) is 0 Å². The van der Waals surface area contributed by atoms with Crippen molar-refractivity contribution in [3.63, 3.8) is 0 Å². The summed E-state index contributed by atoms with van der Waals surface area (Å²) in [5.41, 5.74) is 0.856. The van der Waals surface area contributed by atoms with E-state index in [0.717, 1.165) is 11.3 Å². The maximum atomic E-state index is 12.6. The van der Waals surface area contributed by atoms with E-state index in [1.165, 1.54) is 24.3 Å². The number of aromatic hydroxyl groups is 1. The molecule has 0 fully saturated rings. The van der Waals surface area contributed by atoms with Crippen molar-refractivity contribution < 1.29 is 19.5 Å². The number of fused-ring (bicyclic) bond motifs is 2. The van der Waals surface area contributed by atoms with Crippen molar-refractivity contribution in [3.05, 3.63) is 86.6 Å². The maximum absolute atomic E-state index is 12.6. The highest BCUT2D eigenvalue weighted by atomic mass is 32.1. The van der Waals surface area contributed by atoms with Crippen LogP contribution in [0.1, 0.15) is 46.4 Å². The van der Waals surface area contributed by atoms with E-state index in [1.54, 1.807) is 24.3 Å². The van der Waals surface area contributed by atoms with Gasteiger partial charge in [0.05, 0.1) is 15.3 Å². The molecule has 116 valence electrons. The van der Waals surface area contributed by atoms with E-state index in [2.05, 4.69) is 0 Å². The minimum Gasteiger partial charge on any atom is -0.507 e. The first-order chi connectivity index (χ1) is 11.6. The van der Waals surface area contributed by atoms with Crippen molar-refractivity contribution in [2.45, 2.75) is 0 Å². The summed E-state index contributed by atoms with van der Waals surface area (Å²) in [5.74, 6) is -1.23. The number of carbonyl (C=O) groups excluding carboxylic acids is 3. The monoisotopic (exact) mass is 334 g/mol. The highest BCUT2D eigenvalue weighted by molar-refractivity contribution is 7.17. The third-order valence-electron chi connectivity index (χ3n) is 3.96. The molecule has 0 bridgehead atoms. The summed E-state index contributed by atoms with van der Waals surface area (Å²) in [6.07, 6.45) is 0. The zero-order chi connectivity index (χ0) is 16.8. The number of benzene rings is 2. The Hall–Kier alpha value is -3.05. The summed E-state index contributed by atoms with van der Waals surface area (Å²) in [5, 5.41) is 9.93. The van der Waals surface area contributed by atoms with Crippen molar-refractivity contribution in [1.82, 2.24) is 0 Å². The molecule has 1 aliphatic rings. The summed E-state index contributed by atoms with van der Waals surface area (Å²) in [6, 6.07) is 14.5. The van der Waals surface area contributed by atoms with Crippen molar-refractivity contribution in [2.24, 2.45) is 0 Å². The summed E-state index contributed by atoms with van der Waals surface area (Å²) in [7, 11) is 0. The second-order valence-electron chi connectivity index (χ2n) is 5.41. The van der Waals surface area contributed by atoms with Crippen LogP contribution in [0, 0.1) is 0 Å². The van der Waals surface area contributed by atoms with Crippen LogP contribution in [-0.2, 0) is 0 Å². The first-order valence-corrected chi connectivity index (χ1v) is 8.04. The minimum absolute atomic E-state index is 0.00603. The molecule has 5 heteroatoms. The Balaban J connectivity index is 1.85. The fraction of sp³-hybridized carbons (Fsp3) is 0. The zero-order valence-corrected chi connectivity index (χ0v) is 13.1. The van der Waals surface area contributed by atoms with Gasteiger partial charge in [0.2, 0.25) is 11.6 Å². The molecule has 1 N–H and O–H groups in total. The van der Waals surface area contributed by atoms with Gasteiger partial charge in [-0.25, -0.2) is 0 Å². The Morgan fingerprint density at radius 1 is 0.875 bits per heavy atom. The molecule has 24 heavy (non-hydrogen) atoms. The molecule has 2 aromatic carbocycles. The zero-order valence-electron chi connectivity index (χ0n) is 12.3. The minimum atomic E-state index is -0.430. The van der Waals surface area contributed by atoms with E-state index < -0.39 is 5.78 Å². The number of ketones is 3. The predicted octanol–water partition coefficient (Wildman–Crippen LogP) is 3.46. The Kier molecular flexibility index (Phi) is 3.18. The summed E-state index contributed by atoms with van der Waals surface area (Å²) >= 11 is 1.02. The quantitative estimate of drug-likeness (QED) is 0.570. The van der Waals surface area contributed by atoms with Crippen LogP contribution in [0.25, 0.3) is 0 Å². The van der Waals surface area contributed by atoms with Crippen LogP contribution < -0.4 is 0 Å². The van der Waals surface area contributed by atoms with E-state index in [0.29, 0.717) is 10.4 Å². The van der Waals surface area contributed by atoms with Crippen LogP contribution in [-0.4, -0.2) is 22.5 Å². The SMILES string of the molecule is O=C(c1ccccc1)c1cc2c(s1)C(=O)c1cccc(O)c1C2=O. The van der Waals surface area contributed by atoms with Gasteiger partial charge in [0.1, 0.15) is 5.75 Å². The molecule has 0 saturated carbocycles. The number of hydrogen-bond donors (Lipinski definition) is 1. The van der Waals surface area contributed by atoms with Crippen LogP contribution in [0.2, 0.25) is 0 Å². The topological polar surface area (TPSA) is 71.4 Å². The Morgan fingerprint density at radius 3 is 2.38 bits per heavy atom. The fourth-order valence-corrected chi connectivity index (χ4v) is 3.87. The second-order valence-corrected chi connectivity index (χ2v) is 6.46.